The molecule has 1 aromatic heterocycles. The van der Waals surface area contributed by atoms with Gasteiger partial charge >= 0.3 is 0 Å². The number of rotatable bonds is 3. The average molecular weight is 365 g/mol. The van der Waals surface area contributed by atoms with Crippen LogP contribution in [0.2, 0.25) is 0 Å². The molecule has 0 bridgehead atoms. The first kappa shape index (κ1) is 16.8. The highest BCUT2D eigenvalue weighted by Gasteiger charge is 2.29. The highest BCUT2D eigenvalue weighted by molar-refractivity contribution is 7.16. The molecule has 1 aliphatic carbocycles. The number of fused-ring (bicyclic) bond motifs is 1. The molecule has 0 fully saturated rings. The zero-order valence-electron chi connectivity index (χ0n) is 14.3. The van der Waals surface area contributed by atoms with E-state index in [2.05, 4.69) is 16.5 Å². The van der Waals surface area contributed by atoms with Crippen LogP contribution in [0.25, 0.3) is 0 Å². The highest BCUT2D eigenvalue weighted by atomic mass is 32.1. The predicted molar refractivity (Wildman–Crippen MR) is 101 cm³/mol. The Morgan fingerprint density at radius 1 is 1.23 bits per heavy atom. The lowest BCUT2D eigenvalue weighted by atomic mass is 10.0. The standard InChI is InChI=1S/C20H19N3O2S/c21-12-15-14-9-5-2-6-10-18(14)26-20(15)22-19(24)16-11-17(25-23-16)13-7-3-1-4-8-13/h1,3-4,7-8,17H,2,5-6,9-11H2,(H,22,24). The Bertz CT molecular complexity index is 896. The molecular formula is C20H19N3O2S. The number of benzene rings is 1. The lowest BCUT2D eigenvalue weighted by Crippen LogP contribution is -2.21. The Hall–Kier alpha value is -2.65. The molecule has 0 radical (unpaired) electrons. The first-order valence-electron chi connectivity index (χ1n) is 8.90. The van der Waals surface area contributed by atoms with Crippen LogP contribution in [0.4, 0.5) is 5.00 Å². The van der Waals surface area contributed by atoms with Gasteiger partial charge in [0.25, 0.3) is 5.91 Å². The zero-order valence-corrected chi connectivity index (χ0v) is 15.1. The smallest absolute Gasteiger partial charge is 0.274 e. The Morgan fingerprint density at radius 2 is 2.04 bits per heavy atom. The molecule has 5 nitrogen and oxygen atoms in total. The van der Waals surface area contributed by atoms with E-state index in [1.807, 2.05) is 30.3 Å². The topological polar surface area (TPSA) is 74.5 Å². The molecule has 1 amide bonds. The normalized spacial score (nSPS) is 18.9. The summed E-state index contributed by atoms with van der Waals surface area (Å²) in [6.45, 7) is 0. The Balaban J connectivity index is 1.48. The van der Waals surface area contributed by atoms with Gasteiger partial charge < -0.3 is 10.2 Å². The fraction of sp³-hybridized carbons (Fsp3) is 0.350. The van der Waals surface area contributed by atoms with Crippen LogP contribution in [0, 0.1) is 11.3 Å². The summed E-state index contributed by atoms with van der Waals surface area (Å²) < 4.78 is 0. The molecule has 0 spiro atoms. The summed E-state index contributed by atoms with van der Waals surface area (Å²) in [5.41, 5.74) is 3.11. The summed E-state index contributed by atoms with van der Waals surface area (Å²) in [5, 5.41) is 17.1. The van der Waals surface area contributed by atoms with Crippen LogP contribution in [-0.2, 0) is 22.5 Å². The molecule has 6 heteroatoms. The van der Waals surface area contributed by atoms with E-state index in [1.54, 1.807) is 0 Å². The second-order valence-corrected chi connectivity index (χ2v) is 7.69. The van der Waals surface area contributed by atoms with E-state index >= 15 is 0 Å². The van der Waals surface area contributed by atoms with Crippen molar-refractivity contribution in [3.05, 3.63) is 51.9 Å². The van der Waals surface area contributed by atoms with E-state index in [1.165, 1.54) is 22.6 Å². The minimum Gasteiger partial charge on any atom is -0.387 e. The van der Waals surface area contributed by atoms with Gasteiger partial charge in [0.05, 0.1) is 5.56 Å². The van der Waals surface area contributed by atoms with Crippen molar-refractivity contribution in [2.24, 2.45) is 5.16 Å². The summed E-state index contributed by atoms with van der Waals surface area (Å²) >= 11 is 1.53. The van der Waals surface area contributed by atoms with Crippen molar-refractivity contribution in [3.8, 4) is 6.07 Å². The van der Waals surface area contributed by atoms with Gasteiger partial charge in [0.2, 0.25) is 0 Å². The molecule has 1 N–H and O–H groups in total. The van der Waals surface area contributed by atoms with Crippen LogP contribution >= 0.6 is 11.3 Å². The third kappa shape index (κ3) is 3.23. The number of oxime groups is 1. The first-order valence-corrected chi connectivity index (χ1v) is 9.71. The van der Waals surface area contributed by atoms with Gasteiger partial charge in [0.1, 0.15) is 16.8 Å². The van der Waals surface area contributed by atoms with Gasteiger partial charge in [-0.1, -0.05) is 41.9 Å². The number of nitrogens with one attached hydrogen (secondary N) is 1. The summed E-state index contributed by atoms with van der Waals surface area (Å²) in [6.07, 6.45) is 5.56. The molecule has 1 atom stereocenters. The molecule has 26 heavy (non-hydrogen) atoms. The maximum Gasteiger partial charge on any atom is 0.274 e. The lowest BCUT2D eigenvalue weighted by Gasteiger charge is -2.07. The van der Waals surface area contributed by atoms with Gasteiger partial charge in [-0.05, 0) is 36.8 Å². The molecule has 1 unspecified atom stereocenters. The van der Waals surface area contributed by atoms with Gasteiger partial charge in [-0.15, -0.1) is 11.3 Å². The third-order valence-electron chi connectivity index (χ3n) is 4.86. The van der Waals surface area contributed by atoms with E-state index in [0.717, 1.165) is 36.8 Å². The van der Waals surface area contributed by atoms with E-state index in [9.17, 15) is 10.1 Å². The third-order valence-corrected chi connectivity index (χ3v) is 6.07. The van der Waals surface area contributed by atoms with E-state index in [-0.39, 0.29) is 12.0 Å². The predicted octanol–water partition coefficient (Wildman–Crippen LogP) is 4.34. The maximum absolute atomic E-state index is 12.6. The second kappa shape index (κ2) is 7.30. The van der Waals surface area contributed by atoms with Crippen LogP contribution in [0.1, 0.15) is 53.4 Å². The monoisotopic (exact) mass is 365 g/mol. The number of aryl methyl sites for hydroxylation is 1. The van der Waals surface area contributed by atoms with Gasteiger partial charge in [0.15, 0.2) is 6.10 Å². The molecule has 2 aliphatic rings. The molecule has 132 valence electrons. The average Bonchev–Trinajstić information content (AvgIpc) is 3.21. The van der Waals surface area contributed by atoms with Gasteiger partial charge in [-0.2, -0.15) is 5.26 Å². The van der Waals surface area contributed by atoms with Crippen molar-refractivity contribution < 1.29 is 9.63 Å². The number of amides is 1. The summed E-state index contributed by atoms with van der Waals surface area (Å²) in [5.74, 6) is -0.281. The number of nitriles is 1. The summed E-state index contributed by atoms with van der Waals surface area (Å²) in [4.78, 5) is 19.3. The summed E-state index contributed by atoms with van der Waals surface area (Å²) in [6, 6.07) is 12.0. The van der Waals surface area contributed by atoms with Crippen molar-refractivity contribution in [1.29, 1.82) is 5.26 Å². The van der Waals surface area contributed by atoms with Crippen molar-refractivity contribution in [2.75, 3.05) is 5.32 Å². The molecule has 0 saturated heterocycles. The minimum atomic E-state index is -0.281. The van der Waals surface area contributed by atoms with Gasteiger partial charge in [-0.3, -0.25) is 4.79 Å². The number of hydrogen-bond acceptors (Lipinski definition) is 5. The van der Waals surface area contributed by atoms with E-state index in [0.29, 0.717) is 22.7 Å². The SMILES string of the molecule is N#Cc1c(NC(=O)C2=NOC(c3ccccc3)C2)sc2c1CCCCC2. The van der Waals surface area contributed by atoms with Crippen LogP contribution in [0.15, 0.2) is 35.5 Å². The largest absolute Gasteiger partial charge is 0.387 e. The van der Waals surface area contributed by atoms with Crippen LogP contribution in [0.5, 0.6) is 0 Å². The number of hydrogen-bond donors (Lipinski definition) is 1. The van der Waals surface area contributed by atoms with Crippen molar-refractivity contribution in [2.45, 2.75) is 44.6 Å². The minimum absolute atomic E-state index is 0.229. The fourth-order valence-electron chi connectivity index (χ4n) is 3.48. The van der Waals surface area contributed by atoms with Crippen LogP contribution in [0.3, 0.4) is 0 Å². The molecule has 0 saturated carbocycles. The molecular weight excluding hydrogens is 346 g/mol. The number of thiophene rings is 1. The molecule has 1 aliphatic heterocycles. The Morgan fingerprint density at radius 3 is 2.85 bits per heavy atom. The molecule has 1 aromatic carbocycles. The zero-order chi connectivity index (χ0) is 17.9. The number of nitrogens with zero attached hydrogens (tertiary/aromatic N) is 2. The maximum atomic E-state index is 12.6. The van der Waals surface area contributed by atoms with Crippen LogP contribution < -0.4 is 5.32 Å². The Labute approximate surface area is 156 Å². The summed E-state index contributed by atoms with van der Waals surface area (Å²) in [7, 11) is 0. The first-order chi connectivity index (χ1) is 12.8. The van der Waals surface area contributed by atoms with Gasteiger partial charge in [0, 0.05) is 11.3 Å². The lowest BCUT2D eigenvalue weighted by molar-refractivity contribution is -0.110. The number of carbonyl (C=O) groups is 1. The van der Waals surface area contributed by atoms with Crippen molar-refractivity contribution in [1.82, 2.24) is 0 Å². The molecule has 2 aromatic rings. The quantitative estimate of drug-likeness (QED) is 0.822. The molecule has 2 heterocycles. The van der Waals surface area contributed by atoms with Crippen LogP contribution in [-0.4, -0.2) is 11.6 Å². The highest BCUT2D eigenvalue weighted by Crippen LogP contribution is 2.37. The number of carbonyl (C=O) groups excluding carboxylic acids is 1. The van der Waals surface area contributed by atoms with E-state index < -0.39 is 0 Å². The fourth-order valence-corrected chi connectivity index (χ4v) is 4.72. The van der Waals surface area contributed by atoms with Crippen molar-refractivity contribution >= 4 is 28.0 Å². The van der Waals surface area contributed by atoms with Gasteiger partial charge in [-0.25, -0.2) is 0 Å². The molecule has 4 rings (SSSR count). The number of anilines is 1. The second-order valence-electron chi connectivity index (χ2n) is 6.58. The van der Waals surface area contributed by atoms with Crippen molar-refractivity contribution in [3.63, 3.8) is 0 Å². The van der Waals surface area contributed by atoms with E-state index in [4.69, 9.17) is 4.84 Å². The Kier molecular flexibility index (Phi) is 4.72.